The minimum atomic E-state index is -2.79. The summed E-state index contributed by atoms with van der Waals surface area (Å²) < 4.78 is 21.5. The molecule has 0 unspecified atom stereocenters. The minimum Gasteiger partial charge on any atom is -0.477 e. The topological polar surface area (TPSA) is 62.7 Å². The molecule has 0 aliphatic rings. The van der Waals surface area contributed by atoms with Gasteiger partial charge in [0.2, 0.25) is 11.8 Å². The maximum atomic E-state index is 5.49. The number of hydrogen-bond acceptors (Lipinski definition) is 7. The number of hydrogen-bond donors (Lipinski definition) is 0. The van der Waals surface area contributed by atoms with Crippen LogP contribution in [0.25, 0.3) is 0 Å². The Bertz CT molecular complexity index is 406. The fraction of sp³-hybridized carbons (Fsp3) is 0.636. The summed E-state index contributed by atoms with van der Waals surface area (Å²) in [5, 5.41) is 7.77. The molecule has 1 rings (SSSR count). The van der Waals surface area contributed by atoms with Gasteiger partial charge in [0.25, 0.3) is 0 Å². The Balaban J connectivity index is 2.66. The maximum absolute atomic E-state index is 5.49. The molecule has 0 saturated heterocycles. The molecule has 0 fully saturated rings. The monoisotopic (exact) mass is 306 g/mol. The fourth-order valence-electron chi connectivity index (χ4n) is 1.16. The van der Waals surface area contributed by atoms with E-state index in [0.29, 0.717) is 25.7 Å². The molecule has 0 spiro atoms. The lowest BCUT2D eigenvalue weighted by atomic mass is 10.5. The van der Waals surface area contributed by atoms with Crippen molar-refractivity contribution in [3.63, 3.8) is 0 Å². The highest BCUT2D eigenvalue weighted by Crippen LogP contribution is 2.49. The Kier molecular flexibility index (Phi) is 7.23. The van der Waals surface area contributed by atoms with E-state index in [1.165, 1.54) is 0 Å². The molecule has 1 heterocycles. The second kappa shape index (κ2) is 8.43. The fourth-order valence-corrected chi connectivity index (χ4v) is 3.16. The quantitative estimate of drug-likeness (QED) is 0.650. The highest BCUT2D eigenvalue weighted by atomic mass is 32.5. The highest BCUT2D eigenvalue weighted by molar-refractivity contribution is 8.07. The first-order valence-corrected chi connectivity index (χ1v) is 8.74. The van der Waals surface area contributed by atoms with Crippen molar-refractivity contribution in [2.24, 2.45) is 0 Å². The van der Waals surface area contributed by atoms with Crippen LogP contribution in [-0.2, 0) is 20.9 Å². The number of rotatable bonds is 9. The number of nitrogens with zero attached hydrogens (tertiary/aromatic N) is 2. The average Bonchev–Trinajstić information content (AvgIpc) is 2.38. The average molecular weight is 306 g/mol. The van der Waals surface area contributed by atoms with Gasteiger partial charge in [0, 0.05) is 23.9 Å². The van der Waals surface area contributed by atoms with Crippen LogP contribution in [-0.4, -0.2) is 30.0 Å². The predicted octanol–water partition coefficient (Wildman–Crippen LogP) is 2.94. The number of ether oxygens (including phenoxy) is 1. The van der Waals surface area contributed by atoms with E-state index in [-0.39, 0.29) is 5.88 Å². The minimum absolute atomic E-state index is 0.272. The van der Waals surface area contributed by atoms with Crippen LogP contribution in [0.5, 0.6) is 11.8 Å². The third-order valence-electron chi connectivity index (χ3n) is 1.85. The van der Waals surface area contributed by atoms with Gasteiger partial charge < -0.3 is 9.26 Å². The van der Waals surface area contributed by atoms with Crippen molar-refractivity contribution in [3.8, 4) is 11.8 Å². The van der Waals surface area contributed by atoms with E-state index in [9.17, 15) is 0 Å². The molecular formula is C11H19N2O4PS. The molecule has 19 heavy (non-hydrogen) atoms. The highest BCUT2D eigenvalue weighted by Gasteiger charge is 2.22. The number of aromatic nitrogens is 2. The molecule has 6 nitrogen and oxygen atoms in total. The van der Waals surface area contributed by atoms with Crippen LogP contribution in [0, 0.1) is 0 Å². The first kappa shape index (κ1) is 16.3. The summed E-state index contributed by atoms with van der Waals surface area (Å²) in [6.07, 6.45) is 0.912. The summed E-state index contributed by atoms with van der Waals surface area (Å²) in [5.74, 6) is 0.726. The van der Waals surface area contributed by atoms with E-state index in [2.05, 4.69) is 10.2 Å². The Morgan fingerprint density at radius 3 is 2.11 bits per heavy atom. The van der Waals surface area contributed by atoms with Gasteiger partial charge in [-0.1, -0.05) is 6.92 Å². The molecule has 1 aromatic rings. The van der Waals surface area contributed by atoms with Crippen molar-refractivity contribution in [1.82, 2.24) is 10.2 Å². The van der Waals surface area contributed by atoms with Crippen molar-refractivity contribution in [2.75, 3.05) is 19.8 Å². The SMILES string of the molecule is CCCOc1ccc(OP(=S)(OCC)OCC)nn1. The molecule has 0 saturated carbocycles. The molecule has 1 aromatic heterocycles. The Morgan fingerprint density at radius 1 is 1.05 bits per heavy atom. The van der Waals surface area contributed by atoms with Gasteiger partial charge in [-0.15, -0.1) is 10.2 Å². The molecular weight excluding hydrogens is 287 g/mol. The summed E-state index contributed by atoms with van der Waals surface area (Å²) in [4.78, 5) is 0. The summed E-state index contributed by atoms with van der Waals surface area (Å²) in [6, 6.07) is 3.31. The second-order valence-corrected chi connectivity index (χ2v) is 6.37. The van der Waals surface area contributed by atoms with Crippen molar-refractivity contribution >= 4 is 18.5 Å². The zero-order valence-corrected chi connectivity index (χ0v) is 13.1. The first-order chi connectivity index (χ1) is 9.13. The molecule has 0 radical (unpaired) electrons. The largest absolute Gasteiger partial charge is 0.477 e. The lowest BCUT2D eigenvalue weighted by Crippen LogP contribution is -2.04. The van der Waals surface area contributed by atoms with E-state index < -0.39 is 6.72 Å². The van der Waals surface area contributed by atoms with Crippen molar-refractivity contribution < 1.29 is 18.3 Å². The molecule has 0 amide bonds. The zero-order valence-electron chi connectivity index (χ0n) is 11.4. The third kappa shape index (κ3) is 5.82. The van der Waals surface area contributed by atoms with E-state index in [4.69, 9.17) is 30.1 Å². The Labute approximate surface area is 118 Å². The van der Waals surface area contributed by atoms with E-state index in [1.807, 2.05) is 20.8 Å². The predicted molar refractivity (Wildman–Crippen MR) is 76.0 cm³/mol. The van der Waals surface area contributed by atoms with Crippen LogP contribution < -0.4 is 9.26 Å². The Morgan fingerprint density at radius 2 is 1.63 bits per heavy atom. The van der Waals surface area contributed by atoms with Gasteiger partial charge in [-0.2, -0.15) is 0 Å². The molecule has 108 valence electrons. The van der Waals surface area contributed by atoms with Gasteiger partial charge >= 0.3 is 6.72 Å². The normalized spacial score (nSPS) is 11.3. The third-order valence-corrected chi connectivity index (χ3v) is 4.27. The lowest BCUT2D eigenvalue weighted by Gasteiger charge is -2.19. The van der Waals surface area contributed by atoms with Gasteiger partial charge in [0.05, 0.1) is 19.8 Å². The lowest BCUT2D eigenvalue weighted by molar-refractivity contribution is 0.215. The van der Waals surface area contributed by atoms with Crippen LogP contribution >= 0.6 is 6.72 Å². The molecule has 0 bridgehead atoms. The maximum Gasteiger partial charge on any atom is 0.381 e. The Hall–Kier alpha value is -0.750. The summed E-state index contributed by atoms with van der Waals surface area (Å²) in [7, 11) is 0. The van der Waals surface area contributed by atoms with Gasteiger partial charge in [-0.05, 0) is 20.3 Å². The molecule has 0 N–H and O–H groups in total. The summed E-state index contributed by atoms with van der Waals surface area (Å²) in [6.45, 7) is 4.33. The van der Waals surface area contributed by atoms with Crippen LogP contribution in [0.1, 0.15) is 27.2 Å². The second-order valence-electron chi connectivity index (χ2n) is 3.43. The van der Waals surface area contributed by atoms with E-state index in [0.717, 1.165) is 6.42 Å². The zero-order chi connectivity index (χ0) is 14.1. The van der Waals surface area contributed by atoms with Crippen molar-refractivity contribution in [2.45, 2.75) is 27.2 Å². The molecule has 0 atom stereocenters. The van der Waals surface area contributed by atoms with Gasteiger partial charge in [-0.25, -0.2) is 0 Å². The van der Waals surface area contributed by atoms with E-state index in [1.54, 1.807) is 12.1 Å². The van der Waals surface area contributed by atoms with Gasteiger partial charge in [-0.3, -0.25) is 9.05 Å². The summed E-state index contributed by atoms with van der Waals surface area (Å²) in [5.41, 5.74) is 0. The molecule has 8 heteroatoms. The van der Waals surface area contributed by atoms with Crippen molar-refractivity contribution in [1.29, 1.82) is 0 Å². The summed E-state index contributed by atoms with van der Waals surface area (Å²) >= 11 is 5.23. The van der Waals surface area contributed by atoms with Crippen LogP contribution in [0.15, 0.2) is 12.1 Å². The molecule has 0 aliphatic carbocycles. The molecule has 0 aromatic carbocycles. The molecule has 0 aliphatic heterocycles. The van der Waals surface area contributed by atoms with Gasteiger partial charge in [0.15, 0.2) is 0 Å². The van der Waals surface area contributed by atoms with Crippen LogP contribution in [0.2, 0.25) is 0 Å². The smallest absolute Gasteiger partial charge is 0.381 e. The first-order valence-electron chi connectivity index (χ1n) is 6.18. The standard InChI is InChI=1S/C11H19N2O4PS/c1-4-9-14-10-7-8-11(13-12-10)17-18(19,15-5-2)16-6-3/h7-8H,4-6,9H2,1-3H3. The van der Waals surface area contributed by atoms with E-state index >= 15 is 0 Å². The van der Waals surface area contributed by atoms with Crippen LogP contribution in [0.3, 0.4) is 0 Å². The van der Waals surface area contributed by atoms with Gasteiger partial charge in [0.1, 0.15) is 0 Å². The van der Waals surface area contributed by atoms with Crippen molar-refractivity contribution in [3.05, 3.63) is 12.1 Å². The van der Waals surface area contributed by atoms with Crippen LogP contribution in [0.4, 0.5) is 0 Å².